The second-order valence-corrected chi connectivity index (χ2v) is 8.91. The van der Waals surface area contributed by atoms with Gasteiger partial charge in [-0.1, -0.05) is 30.3 Å². The number of benzene rings is 1. The van der Waals surface area contributed by atoms with Crippen LogP contribution in [0, 0.1) is 18.8 Å². The van der Waals surface area contributed by atoms with Gasteiger partial charge in [-0.05, 0) is 43.6 Å². The Labute approximate surface area is 179 Å². The van der Waals surface area contributed by atoms with E-state index in [1.54, 1.807) is 7.11 Å². The predicted molar refractivity (Wildman–Crippen MR) is 117 cm³/mol. The third-order valence-corrected chi connectivity index (χ3v) is 6.43. The van der Waals surface area contributed by atoms with Gasteiger partial charge in [0.15, 0.2) is 0 Å². The van der Waals surface area contributed by atoms with E-state index in [1.807, 2.05) is 31.3 Å². The van der Waals surface area contributed by atoms with E-state index in [9.17, 15) is 4.79 Å². The topological polar surface area (TPSA) is 48.9 Å². The van der Waals surface area contributed by atoms with Crippen LogP contribution in [0.25, 0.3) is 0 Å². The van der Waals surface area contributed by atoms with E-state index in [1.165, 1.54) is 16.7 Å². The second kappa shape index (κ2) is 8.74. The minimum absolute atomic E-state index is 0.155. The Bertz CT molecular complexity index is 883. The van der Waals surface area contributed by atoms with Crippen molar-refractivity contribution in [2.24, 2.45) is 11.8 Å². The van der Waals surface area contributed by atoms with E-state index in [-0.39, 0.29) is 11.9 Å². The standard InChI is InChI=1S/C24H32N4O2/c1-17-7-5-6-8-20(17)24-21-15-27(12-18-9-10-22(30-4)25-11-18)13-19(21)14-28(24)23(29)16-26(2)3/h5-11,19,21,24H,12-16H2,1-4H3/t19-,21-,24+/m1/s1. The molecule has 2 saturated heterocycles. The van der Waals surface area contributed by atoms with Crippen LogP contribution in [0.4, 0.5) is 0 Å². The molecule has 2 aromatic rings. The van der Waals surface area contributed by atoms with Crippen molar-refractivity contribution >= 4 is 5.91 Å². The van der Waals surface area contributed by atoms with Crippen LogP contribution in [0.15, 0.2) is 42.6 Å². The average Bonchev–Trinajstić information content (AvgIpc) is 3.26. The van der Waals surface area contributed by atoms with Crippen LogP contribution in [-0.2, 0) is 11.3 Å². The maximum absolute atomic E-state index is 13.1. The molecule has 1 aromatic carbocycles. The van der Waals surface area contributed by atoms with Gasteiger partial charge in [0.2, 0.25) is 11.8 Å². The van der Waals surface area contributed by atoms with Gasteiger partial charge in [-0.25, -0.2) is 4.98 Å². The molecule has 1 aromatic heterocycles. The normalized spacial score (nSPS) is 23.8. The van der Waals surface area contributed by atoms with Gasteiger partial charge in [-0.15, -0.1) is 0 Å². The number of amides is 1. The zero-order valence-electron chi connectivity index (χ0n) is 18.4. The molecule has 4 rings (SSSR count). The Morgan fingerprint density at radius 1 is 1.17 bits per heavy atom. The van der Waals surface area contributed by atoms with Crippen LogP contribution in [0.3, 0.4) is 0 Å². The second-order valence-electron chi connectivity index (χ2n) is 8.91. The monoisotopic (exact) mass is 408 g/mol. The van der Waals surface area contributed by atoms with Crippen molar-refractivity contribution < 1.29 is 9.53 Å². The van der Waals surface area contributed by atoms with Gasteiger partial charge >= 0.3 is 0 Å². The quantitative estimate of drug-likeness (QED) is 0.735. The van der Waals surface area contributed by atoms with Gasteiger partial charge in [0, 0.05) is 44.4 Å². The number of aryl methyl sites for hydroxylation is 1. The van der Waals surface area contributed by atoms with E-state index in [0.717, 1.165) is 26.2 Å². The first-order valence-corrected chi connectivity index (χ1v) is 10.7. The van der Waals surface area contributed by atoms with E-state index in [0.29, 0.717) is 24.3 Å². The summed E-state index contributed by atoms with van der Waals surface area (Å²) in [5, 5.41) is 0. The van der Waals surface area contributed by atoms with Crippen LogP contribution in [0.5, 0.6) is 5.88 Å². The molecule has 160 valence electrons. The molecule has 3 heterocycles. The predicted octanol–water partition coefficient (Wildman–Crippen LogP) is 2.59. The van der Waals surface area contributed by atoms with Crippen LogP contribution < -0.4 is 4.74 Å². The third-order valence-electron chi connectivity index (χ3n) is 6.43. The van der Waals surface area contributed by atoms with Crippen molar-refractivity contribution in [3.8, 4) is 5.88 Å². The van der Waals surface area contributed by atoms with Crippen molar-refractivity contribution in [2.75, 3.05) is 47.4 Å². The Morgan fingerprint density at radius 3 is 2.63 bits per heavy atom. The lowest BCUT2D eigenvalue weighted by Gasteiger charge is -2.31. The maximum atomic E-state index is 13.1. The van der Waals surface area contributed by atoms with Crippen molar-refractivity contribution in [3.05, 3.63) is 59.3 Å². The lowest BCUT2D eigenvalue weighted by atomic mass is 9.87. The highest BCUT2D eigenvalue weighted by molar-refractivity contribution is 5.79. The summed E-state index contributed by atoms with van der Waals surface area (Å²) in [6.07, 6.45) is 1.90. The SMILES string of the molecule is COc1ccc(CN2C[C@@H]3CN(C(=O)CN(C)C)[C@@H](c4ccccc4C)[C@@H]3C2)cn1. The van der Waals surface area contributed by atoms with Crippen molar-refractivity contribution in [2.45, 2.75) is 19.5 Å². The zero-order chi connectivity index (χ0) is 21.3. The van der Waals surface area contributed by atoms with Gasteiger partial charge in [0.1, 0.15) is 0 Å². The first-order valence-electron chi connectivity index (χ1n) is 10.7. The summed E-state index contributed by atoms with van der Waals surface area (Å²) >= 11 is 0. The lowest BCUT2D eigenvalue weighted by Crippen LogP contribution is -2.40. The van der Waals surface area contributed by atoms with E-state index in [2.05, 4.69) is 52.0 Å². The van der Waals surface area contributed by atoms with Gasteiger partial charge in [-0.2, -0.15) is 0 Å². The van der Waals surface area contributed by atoms with Crippen LogP contribution in [-0.4, -0.2) is 73.0 Å². The number of fused-ring (bicyclic) bond motifs is 1. The molecule has 6 nitrogen and oxygen atoms in total. The fraction of sp³-hybridized carbons (Fsp3) is 0.500. The number of likely N-dealkylation sites (N-methyl/N-ethyl adjacent to an activating group) is 1. The largest absolute Gasteiger partial charge is 0.481 e. The Hall–Kier alpha value is -2.44. The van der Waals surface area contributed by atoms with Crippen LogP contribution in [0.2, 0.25) is 0 Å². The molecule has 6 heteroatoms. The number of methoxy groups -OCH3 is 1. The van der Waals surface area contributed by atoms with E-state index >= 15 is 0 Å². The van der Waals surface area contributed by atoms with Crippen molar-refractivity contribution in [1.29, 1.82) is 0 Å². The molecule has 30 heavy (non-hydrogen) atoms. The fourth-order valence-corrected chi connectivity index (χ4v) is 5.08. The van der Waals surface area contributed by atoms with Crippen LogP contribution in [0.1, 0.15) is 22.7 Å². The molecule has 0 radical (unpaired) electrons. The molecule has 0 N–H and O–H groups in total. The number of hydrogen-bond donors (Lipinski definition) is 0. The molecule has 1 amide bonds. The molecule has 0 spiro atoms. The summed E-state index contributed by atoms with van der Waals surface area (Å²) in [5.41, 5.74) is 3.76. The molecule has 2 aliphatic rings. The molecular formula is C24H32N4O2. The molecule has 2 fully saturated rings. The van der Waals surface area contributed by atoms with Gasteiger partial charge in [0.25, 0.3) is 0 Å². The number of carbonyl (C=O) groups excluding carboxylic acids is 1. The molecule has 3 atom stereocenters. The Balaban J connectivity index is 1.54. The summed E-state index contributed by atoms with van der Waals surface area (Å²) in [7, 11) is 5.56. The lowest BCUT2D eigenvalue weighted by molar-refractivity contribution is -0.133. The molecular weight excluding hydrogens is 376 g/mol. The zero-order valence-corrected chi connectivity index (χ0v) is 18.4. The van der Waals surface area contributed by atoms with Crippen molar-refractivity contribution in [1.82, 2.24) is 19.7 Å². The maximum Gasteiger partial charge on any atom is 0.237 e. The van der Waals surface area contributed by atoms with Gasteiger partial charge in [0.05, 0.1) is 19.7 Å². The molecule has 0 unspecified atom stereocenters. The Morgan fingerprint density at radius 2 is 1.97 bits per heavy atom. The third kappa shape index (κ3) is 4.20. The number of hydrogen-bond acceptors (Lipinski definition) is 5. The average molecular weight is 409 g/mol. The van der Waals surface area contributed by atoms with Gasteiger partial charge < -0.3 is 14.5 Å². The van der Waals surface area contributed by atoms with Crippen molar-refractivity contribution in [3.63, 3.8) is 0 Å². The highest BCUT2D eigenvalue weighted by Crippen LogP contribution is 2.46. The van der Waals surface area contributed by atoms with E-state index < -0.39 is 0 Å². The number of pyridine rings is 1. The minimum atomic E-state index is 0.155. The number of ether oxygens (including phenoxy) is 1. The summed E-state index contributed by atoms with van der Waals surface area (Å²) in [6, 6.07) is 12.7. The first kappa shape index (κ1) is 20.8. The highest BCUT2D eigenvalue weighted by Gasteiger charge is 2.49. The molecule has 0 aliphatic carbocycles. The first-order chi connectivity index (χ1) is 14.5. The molecule has 0 saturated carbocycles. The summed E-state index contributed by atoms with van der Waals surface area (Å²) in [6.45, 7) is 6.37. The van der Waals surface area contributed by atoms with Crippen LogP contribution >= 0.6 is 0 Å². The number of carbonyl (C=O) groups is 1. The number of rotatable bonds is 6. The Kier molecular flexibility index (Phi) is 6.06. The highest BCUT2D eigenvalue weighted by atomic mass is 16.5. The smallest absolute Gasteiger partial charge is 0.237 e. The number of aromatic nitrogens is 1. The van der Waals surface area contributed by atoms with Gasteiger partial charge in [-0.3, -0.25) is 9.69 Å². The summed E-state index contributed by atoms with van der Waals surface area (Å²) < 4.78 is 5.17. The molecule has 0 bridgehead atoms. The molecule has 2 aliphatic heterocycles. The minimum Gasteiger partial charge on any atom is -0.481 e. The number of nitrogens with zero attached hydrogens (tertiary/aromatic N) is 4. The fourth-order valence-electron chi connectivity index (χ4n) is 5.08. The summed E-state index contributed by atoms with van der Waals surface area (Å²) in [4.78, 5) is 24.0. The van der Waals surface area contributed by atoms with E-state index in [4.69, 9.17) is 4.74 Å². The number of likely N-dealkylation sites (tertiary alicyclic amines) is 2. The summed E-state index contributed by atoms with van der Waals surface area (Å²) in [5.74, 6) is 1.84.